The maximum Gasteiger partial charge on any atom is 0.134 e. The van der Waals surface area contributed by atoms with Gasteiger partial charge in [-0.15, -0.1) is 0 Å². The first kappa shape index (κ1) is 18.8. The molecular weight excluding hydrogens is 364 g/mol. The normalized spacial score (nSPS) is 12.3. The third-order valence-corrected chi connectivity index (χ3v) is 4.76. The van der Waals surface area contributed by atoms with E-state index < -0.39 is 0 Å². The highest BCUT2D eigenvalue weighted by atomic mass is 16.3. The Morgan fingerprint density at radius 2 is 1.38 bits per heavy atom. The van der Waals surface area contributed by atoms with E-state index in [0.29, 0.717) is 17.8 Å². The summed E-state index contributed by atoms with van der Waals surface area (Å²) >= 11 is 0. The Morgan fingerprint density at radius 1 is 0.862 bits per heavy atom. The second kappa shape index (κ2) is 7.47. The van der Waals surface area contributed by atoms with Crippen molar-refractivity contribution in [2.75, 3.05) is 0 Å². The van der Waals surface area contributed by atoms with Crippen LogP contribution >= 0.6 is 0 Å². The molecule has 0 saturated heterocycles. The van der Waals surface area contributed by atoms with E-state index in [-0.39, 0.29) is 11.9 Å². The highest BCUT2D eigenvalue weighted by Crippen LogP contribution is 2.25. The minimum Gasteiger partial charge on any atom is -0.461 e. The van der Waals surface area contributed by atoms with Gasteiger partial charge < -0.3 is 20.3 Å². The van der Waals surface area contributed by atoms with Crippen LogP contribution in [0, 0.1) is 5.41 Å². The predicted octanol–water partition coefficient (Wildman–Crippen LogP) is 4.36. The van der Waals surface area contributed by atoms with Crippen molar-refractivity contribution < 1.29 is 8.83 Å². The van der Waals surface area contributed by atoms with Crippen LogP contribution in [0.25, 0.3) is 21.9 Å². The summed E-state index contributed by atoms with van der Waals surface area (Å²) in [4.78, 5) is 4.41. The molecule has 0 spiro atoms. The number of aryl methyl sites for hydroxylation is 2. The maximum absolute atomic E-state index is 7.56. The van der Waals surface area contributed by atoms with E-state index in [0.717, 1.165) is 45.4 Å². The van der Waals surface area contributed by atoms with Crippen LogP contribution in [0.15, 0.2) is 62.4 Å². The molecule has 148 valence electrons. The molecule has 0 bridgehead atoms. The molecular formula is C23H24N4O2. The molecule has 0 aliphatic carbocycles. The van der Waals surface area contributed by atoms with Crippen LogP contribution in [0.2, 0.25) is 0 Å². The van der Waals surface area contributed by atoms with Gasteiger partial charge in [-0.3, -0.25) is 10.4 Å². The summed E-state index contributed by atoms with van der Waals surface area (Å²) in [5.41, 5.74) is 14.9. The zero-order valence-electron chi connectivity index (χ0n) is 16.5. The minimum absolute atomic E-state index is 0.0513. The van der Waals surface area contributed by atoms with E-state index in [1.54, 1.807) is 6.07 Å². The van der Waals surface area contributed by atoms with Crippen LogP contribution < -0.4 is 11.5 Å². The second-order valence-corrected chi connectivity index (χ2v) is 7.45. The summed E-state index contributed by atoms with van der Waals surface area (Å²) < 4.78 is 11.9. The Balaban J connectivity index is 1.52. The van der Waals surface area contributed by atoms with Crippen molar-refractivity contribution in [3.8, 4) is 0 Å². The summed E-state index contributed by atoms with van der Waals surface area (Å²) in [6.07, 6.45) is 1.44. The largest absolute Gasteiger partial charge is 0.461 e. The molecule has 0 atom stereocenters. The summed E-state index contributed by atoms with van der Waals surface area (Å²) in [6.45, 7) is 4.00. The van der Waals surface area contributed by atoms with Crippen molar-refractivity contribution in [1.29, 1.82) is 5.41 Å². The third-order valence-electron chi connectivity index (χ3n) is 4.76. The van der Waals surface area contributed by atoms with Crippen LogP contribution in [0.1, 0.15) is 36.5 Å². The van der Waals surface area contributed by atoms with Crippen molar-refractivity contribution in [3.05, 3.63) is 71.2 Å². The summed E-state index contributed by atoms with van der Waals surface area (Å²) in [5, 5.41) is 9.51. The molecule has 2 heterocycles. The highest BCUT2D eigenvalue weighted by Gasteiger charge is 2.10. The van der Waals surface area contributed by atoms with Crippen molar-refractivity contribution >= 4 is 33.6 Å². The molecule has 4 rings (SSSR count). The predicted molar refractivity (Wildman–Crippen MR) is 117 cm³/mol. The molecule has 2 aromatic heterocycles. The van der Waals surface area contributed by atoms with Crippen LogP contribution in [-0.4, -0.2) is 17.7 Å². The van der Waals surface area contributed by atoms with E-state index in [9.17, 15) is 0 Å². The number of benzene rings is 2. The van der Waals surface area contributed by atoms with E-state index in [2.05, 4.69) is 4.99 Å². The van der Waals surface area contributed by atoms with Gasteiger partial charge in [0, 0.05) is 40.8 Å². The molecule has 0 unspecified atom stereocenters. The fourth-order valence-corrected chi connectivity index (χ4v) is 3.37. The van der Waals surface area contributed by atoms with Gasteiger partial charge >= 0.3 is 0 Å². The van der Waals surface area contributed by atoms with E-state index in [4.69, 9.17) is 25.7 Å². The molecule has 5 N–H and O–H groups in total. The van der Waals surface area contributed by atoms with Gasteiger partial charge in [0.2, 0.25) is 0 Å². The first-order valence-electron chi connectivity index (χ1n) is 9.62. The number of furan rings is 2. The molecule has 6 nitrogen and oxygen atoms in total. The van der Waals surface area contributed by atoms with Crippen molar-refractivity contribution in [2.45, 2.75) is 32.7 Å². The van der Waals surface area contributed by atoms with Gasteiger partial charge in [0.25, 0.3) is 0 Å². The Labute approximate surface area is 168 Å². The van der Waals surface area contributed by atoms with Gasteiger partial charge in [-0.25, -0.2) is 0 Å². The van der Waals surface area contributed by atoms with Gasteiger partial charge in [0.05, 0.1) is 0 Å². The molecule has 6 heteroatoms. The maximum atomic E-state index is 7.56. The van der Waals surface area contributed by atoms with Gasteiger partial charge in [-0.1, -0.05) is 0 Å². The molecule has 0 saturated carbocycles. The molecule has 4 aromatic rings. The number of aliphatic imine (C=N–C) groups is 1. The topological polar surface area (TPSA) is 115 Å². The monoisotopic (exact) mass is 388 g/mol. The van der Waals surface area contributed by atoms with Gasteiger partial charge in [0.15, 0.2) is 0 Å². The van der Waals surface area contributed by atoms with Gasteiger partial charge in [0.1, 0.15) is 34.4 Å². The minimum atomic E-state index is 0.0513. The molecule has 2 aromatic carbocycles. The number of nitrogen functional groups attached to an aromatic ring is 1. The number of nitrogens with two attached hydrogens (primary N) is 2. The average molecular weight is 388 g/mol. The van der Waals surface area contributed by atoms with E-state index >= 15 is 0 Å². The number of fused-ring (bicyclic) bond motifs is 2. The molecule has 0 aliphatic rings. The highest BCUT2D eigenvalue weighted by molar-refractivity contribution is 6.00. The first-order valence-corrected chi connectivity index (χ1v) is 9.62. The fourth-order valence-electron chi connectivity index (χ4n) is 3.37. The summed E-state index contributed by atoms with van der Waals surface area (Å²) in [5.74, 6) is 2.35. The Kier molecular flexibility index (Phi) is 4.84. The lowest BCUT2D eigenvalue weighted by molar-refractivity contribution is 0.510. The number of nitrogens with one attached hydrogen (secondary N) is 1. The summed E-state index contributed by atoms with van der Waals surface area (Å²) in [6, 6.07) is 15.6. The number of hydrogen-bond acceptors (Lipinski definition) is 4. The van der Waals surface area contributed by atoms with E-state index in [1.165, 1.54) is 0 Å². The number of amidine groups is 2. The SMILES string of the molecule is CC(C)N=C(N)c1ccc2oc(CCc3cc4cc(C(=N)N)ccc4o3)cc2c1. The molecule has 29 heavy (non-hydrogen) atoms. The Morgan fingerprint density at radius 3 is 1.90 bits per heavy atom. The number of nitrogens with zero attached hydrogens (tertiary/aromatic N) is 1. The van der Waals surface area contributed by atoms with Crippen LogP contribution in [0.4, 0.5) is 0 Å². The standard InChI is InChI=1S/C23H24N4O2/c1-13(2)27-23(26)15-4-8-21-17(10-15)12-19(29-21)6-5-18-11-16-9-14(22(24)25)3-7-20(16)28-18/h3-4,7-13H,5-6H2,1-2H3,(H3,24,25)(H2,26,27). The van der Waals surface area contributed by atoms with Crippen molar-refractivity contribution in [3.63, 3.8) is 0 Å². The lowest BCUT2D eigenvalue weighted by Gasteiger charge is -2.03. The van der Waals surface area contributed by atoms with Gasteiger partial charge in [-0.05, 0) is 62.4 Å². The molecule has 0 aliphatic heterocycles. The lowest BCUT2D eigenvalue weighted by atomic mass is 10.1. The van der Waals surface area contributed by atoms with Crippen LogP contribution in [0.3, 0.4) is 0 Å². The third kappa shape index (κ3) is 4.01. The Hall–Kier alpha value is -3.54. The smallest absolute Gasteiger partial charge is 0.134 e. The average Bonchev–Trinajstić information content (AvgIpc) is 3.27. The fraction of sp³-hybridized carbons (Fsp3) is 0.217. The summed E-state index contributed by atoms with van der Waals surface area (Å²) in [7, 11) is 0. The second-order valence-electron chi connectivity index (χ2n) is 7.45. The van der Waals surface area contributed by atoms with Gasteiger partial charge in [-0.2, -0.15) is 0 Å². The Bertz CT molecular complexity index is 1230. The van der Waals surface area contributed by atoms with Crippen molar-refractivity contribution in [1.82, 2.24) is 0 Å². The van der Waals surface area contributed by atoms with E-state index in [1.807, 2.05) is 56.3 Å². The van der Waals surface area contributed by atoms with Crippen LogP contribution in [0.5, 0.6) is 0 Å². The van der Waals surface area contributed by atoms with Crippen LogP contribution in [-0.2, 0) is 12.8 Å². The quantitative estimate of drug-likeness (QED) is 0.336. The molecule has 0 amide bonds. The lowest BCUT2D eigenvalue weighted by Crippen LogP contribution is -2.15. The number of rotatable bonds is 6. The molecule has 0 fully saturated rings. The van der Waals surface area contributed by atoms with Crippen molar-refractivity contribution in [2.24, 2.45) is 16.5 Å². The zero-order chi connectivity index (χ0) is 20.5. The number of hydrogen-bond donors (Lipinski definition) is 3. The zero-order valence-corrected chi connectivity index (χ0v) is 16.5. The molecule has 0 radical (unpaired) electrons. The first-order chi connectivity index (χ1) is 13.9.